The van der Waals surface area contributed by atoms with E-state index in [0.29, 0.717) is 0 Å². The van der Waals surface area contributed by atoms with Crippen LogP contribution in [0.4, 0.5) is 0 Å². The molecule has 3 heteroatoms. The van der Waals surface area contributed by atoms with Crippen LogP contribution >= 0.6 is 15.9 Å². The molecule has 2 aromatic rings. The largest absolute Gasteiger partial charge is 0.457 e. The first-order valence-electron chi connectivity index (χ1n) is 6.40. The Balaban J connectivity index is 2.30. The topological polar surface area (TPSA) is 35.2 Å². The maximum atomic E-state index is 6.12. The molecule has 0 aliphatic carbocycles. The molecule has 100 valence electrons. The number of nitrogens with two attached hydrogens (primary N) is 1. The van der Waals surface area contributed by atoms with Gasteiger partial charge in [-0.25, -0.2) is 0 Å². The first-order valence-corrected chi connectivity index (χ1v) is 7.19. The minimum Gasteiger partial charge on any atom is -0.457 e. The summed E-state index contributed by atoms with van der Waals surface area (Å²) in [5.41, 5.74) is 8.31. The normalized spacial score (nSPS) is 12.2. The lowest BCUT2D eigenvalue weighted by Gasteiger charge is -2.15. The zero-order valence-corrected chi connectivity index (χ0v) is 12.8. The predicted octanol–water partition coefficient (Wildman–Crippen LogP) is 4.96. The third-order valence-corrected chi connectivity index (χ3v) is 4.01. The molecule has 0 saturated carbocycles. The van der Waals surface area contributed by atoms with Crippen LogP contribution < -0.4 is 10.5 Å². The van der Waals surface area contributed by atoms with E-state index in [1.807, 2.05) is 49.4 Å². The molecule has 0 aliphatic rings. The van der Waals surface area contributed by atoms with Crippen molar-refractivity contribution in [2.24, 2.45) is 5.73 Å². The second-order valence-electron chi connectivity index (χ2n) is 4.57. The number of rotatable bonds is 4. The summed E-state index contributed by atoms with van der Waals surface area (Å²) in [4.78, 5) is 0. The Bertz CT molecular complexity index is 568. The molecular formula is C16H18BrNO. The lowest BCUT2D eigenvalue weighted by molar-refractivity contribution is 0.468. The van der Waals surface area contributed by atoms with Crippen LogP contribution in [0.1, 0.15) is 30.5 Å². The molecule has 0 spiro atoms. The summed E-state index contributed by atoms with van der Waals surface area (Å²) in [5.74, 6) is 1.66. The average Bonchev–Trinajstić information content (AvgIpc) is 2.43. The fourth-order valence-electron chi connectivity index (χ4n) is 1.91. The number of hydrogen-bond acceptors (Lipinski definition) is 2. The van der Waals surface area contributed by atoms with E-state index in [1.165, 1.54) is 0 Å². The van der Waals surface area contributed by atoms with Crippen molar-refractivity contribution in [3.05, 3.63) is 58.1 Å². The van der Waals surface area contributed by atoms with E-state index in [4.69, 9.17) is 10.5 Å². The van der Waals surface area contributed by atoms with Crippen molar-refractivity contribution in [2.45, 2.75) is 26.3 Å². The molecule has 0 bridgehead atoms. The van der Waals surface area contributed by atoms with Crippen LogP contribution in [-0.2, 0) is 0 Å². The van der Waals surface area contributed by atoms with Gasteiger partial charge in [-0.1, -0.05) is 41.1 Å². The molecule has 2 nitrogen and oxygen atoms in total. The van der Waals surface area contributed by atoms with Crippen molar-refractivity contribution >= 4 is 15.9 Å². The summed E-state index contributed by atoms with van der Waals surface area (Å²) >= 11 is 3.49. The highest BCUT2D eigenvalue weighted by atomic mass is 79.9. The molecule has 0 saturated heterocycles. The van der Waals surface area contributed by atoms with Gasteiger partial charge in [0.05, 0.1) is 0 Å². The Hall–Kier alpha value is -1.32. The Morgan fingerprint density at radius 2 is 1.95 bits per heavy atom. The van der Waals surface area contributed by atoms with Crippen molar-refractivity contribution in [1.82, 2.24) is 0 Å². The summed E-state index contributed by atoms with van der Waals surface area (Å²) in [7, 11) is 0. The number of hydrogen-bond donors (Lipinski definition) is 1. The summed E-state index contributed by atoms with van der Waals surface area (Å²) in [6.45, 7) is 4.12. The molecule has 1 atom stereocenters. The van der Waals surface area contributed by atoms with Crippen LogP contribution in [0.5, 0.6) is 11.5 Å². The summed E-state index contributed by atoms with van der Waals surface area (Å²) < 4.78 is 7.05. The van der Waals surface area contributed by atoms with Crippen molar-refractivity contribution in [3.8, 4) is 11.5 Å². The summed E-state index contributed by atoms with van der Waals surface area (Å²) in [6, 6.07) is 13.9. The van der Waals surface area contributed by atoms with E-state index in [9.17, 15) is 0 Å². The fourth-order valence-corrected chi connectivity index (χ4v) is 2.15. The average molecular weight is 320 g/mol. The number of benzene rings is 2. The van der Waals surface area contributed by atoms with Gasteiger partial charge >= 0.3 is 0 Å². The number of aryl methyl sites for hydroxylation is 1. The van der Waals surface area contributed by atoms with Crippen LogP contribution in [0.15, 0.2) is 46.9 Å². The van der Waals surface area contributed by atoms with E-state index in [0.717, 1.165) is 33.5 Å². The van der Waals surface area contributed by atoms with Gasteiger partial charge in [-0.2, -0.15) is 0 Å². The van der Waals surface area contributed by atoms with Crippen LogP contribution in [0, 0.1) is 6.92 Å². The third-order valence-electron chi connectivity index (χ3n) is 3.12. The zero-order chi connectivity index (χ0) is 13.8. The molecule has 0 heterocycles. The second-order valence-corrected chi connectivity index (χ2v) is 5.42. The fraction of sp³-hybridized carbons (Fsp3) is 0.250. The van der Waals surface area contributed by atoms with Crippen LogP contribution in [0.3, 0.4) is 0 Å². The van der Waals surface area contributed by atoms with Gasteiger partial charge in [-0.15, -0.1) is 0 Å². The molecule has 0 aromatic heterocycles. The van der Waals surface area contributed by atoms with E-state index in [1.54, 1.807) is 0 Å². The van der Waals surface area contributed by atoms with E-state index in [2.05, 4.69) is 22.9 Å². The summed E-state index contributed by atoms with van der Waals surface area (Å²) in [5, 5.41) is 0. The van der Waals surface area contributed by atoms with Gasteiger partial charge in [0, 0.05) is 16.1 Å². The number of para-hydroxylation sites is 1. The SMILES string of the molecule is CC[C@H](N)c1ccccc1Oc1ccc(Br)c(C)c1. The van der Waals surface area contributed by atoms with Crippen LogP contribution in [-0.4, -0.2) is 0 Å². The van der Waals surface area contributed by atoms with Crippen molar-refractivity contribution in [3.63, 3.8) is 0 Å². The van der Waals surface area contributed by atoms with Gasteiger partial charge in [0.25, 0.3) is 0 Å². The highest BCUT2D eigenvalue weighted by Gasteiger charge is 2.10. The van der Waals surface area contributed by atoms with Gasteiger partial charge in [-0.3, -0.25) is 0 Å². The van der Waals surface area contributed by atoms with Crippen molar-refractivity contribution in [2.75, 3.05) is 0 Å². The quantitative estimate of drug-likeness (QED) is 0.864. The Morgan fingerprint density at radius 3 is 2.63 bits per heavy atom. The number of ether oxygens (including phenoxy) is 1. The van der Waals surface area contributed by atoms with Gasteiger partial charge in [0.2, 0.25) is 0 Å². The maximum Gasteiger partial charge on any atom is 0.132 e. The first-order chi connectivity index (χ1) is 9.11. The van der Waals surface area contributed by atoms with Crippen molar-refractivity contribution in [1.29, 1.82) is 0 Å². The van der Waals surface area contributed by atoms with E-state index >= 15 is 0 Å². The van der Waals surface area contributed by atoms with E-state index < -0.39 is 0 Å². The highest BCUT2D eigenvalue weighted by Crippen LogP contribution is 2.31. The maximum absolute atomic E-state index is 6.12. The Morgan fingerprint density at radius 1 is 1.21 bits per heavy atom. The molecule has 0 radical (unpaired) electrons. The zero-order valence-electron chi connectivity index (χ0n) is 11.2. The standard InChI is InChI=1S/C16H18BrNO/c1-3-15(18)13-6-4-5-7-16(13)19-12-8-9-14(17)11(2)10-12/h4-10,15H,3,18H2,1-2H3/t15-/m0/s1. The molecule has 2 rings (SSSR count). The van der Waals surface area contributed by atoms with Gasteiger partial charge in [0.15, 0.2) is 0 Å². The molecule has 0 fully saturated rings. The molecule has 19 heavy (non-hydrogen) atoms. The lowest BCUT2D eigenvalue weighted by atomic mass is 10.0. The lowest BCUT2D eigenvalue weighted by Crippen LogP contribution is -2.09. The second kappa shape index (κ2) is 6.22. The highest BCUT2D eigenvalue weighted by molar-refractivity contribution is 9.10. The minimum absolute atomic E-state index is 0.00717. The van der Waals surface area contributed by atoms with Gasteiger partial charge < -0.3 is 10.5 Å². The van der Waals surface area contributed by atoms with E-state index in [-0.39, 0.29) is 6.04 Å². The van der Waals surface area contributed by atoms with Gasteiger partial charge in [0.1, 0.15) is 11.5 Å². The van der Waals surface area contributed by atoms with Gasteiger partial charge in [-0.05, 0) is 43.2 Å². The van der Waals surface area contributed by atoms with Crippen LogP contribution in [0.25, 0.3) is 0 Å². The molecule has 2 aromatic carbocycles. The number of halogens is 1. The first kappa shape index (κ1) is 14.1. The minimum atomic E-state index is 0.00717. The molecule has 0 unspecified atom stereocenters. The molecule has 2 N–H and O–H groups in total. The third kappa shape index (κ3) is 3.37. The molecule has 0 amide bonds. The van der Waals surface area contributed by atoms with Crippen LogP contribution in [0.2, 0.25) is 0 Å². The predicted molar refractivity (Wildman–Crippen MR) is 82.6 cm³/mol. The smallest absolute Gasteiger partial charge is 0.132 e. The Kier molecular flexibility index (Phi) is 4.61. The Labute approximate surface area is 122 Å². The monoisotopic (exact) mass is 319 g/mol. The molecular weight excluding hydrogens is 302 g/mol. The van der Waals surface area contributed by atoms with Crippen molar-refractivity contribution < 1.29 is 4.74 Å². The molecule has 0 aliphatic heterocycles. The summed E-state index contributed by atoms with van der Waals surface area (Å²) in [6.07, 6.45) is 0.889.